The molecule has 0 saturated carbocycles. The Hall–Kier alpha value is -1.89. The molecule has 1 aromatic heterocycles. The van der Waals surface area contributed by atoms with E-state index in [0.29, 0.717) is 5.16 Å². The minimum absolute atomic E-state index is 0.179. The second-order valence-corrected chi connectivity index (χ2v) is 5.26. The first kappa shape index (κ1) is 13.5. The third-order valence-electron chi connectivity index (χ3n) is 2.45. The number of carbonyl (C=O) groups excluding carboxylic acids is 1. The van der Waals surface area contributed by atoms with Gasteiger partial charge in [-0.2, -0.15) is 0 Å². The van der Waals surface area contributed by atoms with Crippen molar-refractivity contribution >= 4 is 23.4 Å². The van der Waals surface area contributed by atoms with Crippen molar-refractivity contribution in [3.05, 3.63) is 36.4 Å². The van der Waals surface area contributed by atoms with Gasteiger partial charge in [-0.25, -0.2) is 4.39 Å². The highest BCUT2D eigenvalue weighted by Crippen LogP contribution is 2.22. The molecule has 2 rings (SSSR count). The number of para-hydroxylation sites is 1. The summed E-state index contributed by atoms with van der Waals surface area (Å²) in [5, 5.41) is 10.4. The summed E-state index contributed by atoms with van der Waals surface area (Å²) in [4.78, 5) is 11.9. The number of aromatic nitrogens is 3. The molecule has 0 bridgehead atoms. The first-order valence-electron chi connectivity index (χ1n) is 5.64. The largest absolute Gasteiger partial charge is 0.323 e. The molecule has 2 aromatic rings. The number of anilines is 1. The number of amides is 1. The molecule has 0 aliphatic heterocycles. The molecule has 0 aliphatic rings. The Bertz CT molecular complexity index is 587. The number of thioether (sulfide) groups is 1. The molecule has 1 atom stereocenters. The van der Waals surface area contributed by atoms with Crippen molar-refractivity contribution in [1.29, 1.82) is 0 Å². The zero-order valence-electron chi connectivity index (χ0n) is 10.5. The van der Waals surface area contributed by atoms with E-state index in [0.717, 1.165) is 0 Å². The molecule has 1 aromatic carbocycles. The highest BCUT2D eigenvalue weighted by molar-refractivity contribution is 8.00. The maximum atomic E-state index is 13.4. The summed E-state index contributed by atoms with van der Waals surface area (Å²) in [5.41, 5.74) is 0.179. The molecule has 1 N–H and O–H groups in total. The summed E-state index contributed by atoms with van der Waals surface area (Å²) in [7, 11) is 1.80. The maximum absolute atomic E-state index is 13.4. The molecule has 1 amide bonds. The van der Waals surface area contributed by atoms with Crippen LogP contribution in [-0.4, -0.2) is 25.9 Å². The lowest BCUT2D eigenvalue weighted by molar-refractivity contribution is -0.115. The average Bonchev–Trinajstić information content (AvgIpc) is 2.78. The van der Waals surface area contributed by atoms with E-state index in [1.807, 2.05) is 0 Å². The second kappa shape index (κ2) is 5.83. The molecular weight excluding hydrogens is 267 g/mol. The van der Waals surface area contributed by atoms with Gasteiger partial charge in [-0.3, -0.25) is 4.79 Å². The van der Waals surface area contributed by atoms with Gasteiger partial charge < -0.3 is 9.88 Å². The number of halogens is 1. The SMILES string of the molecule is CC(Sc1nncn1C)C(=O)Nc1ccccc1F. The predicted molar refractivity (Wildman–Crippen MR) is 71.4 cm³/mol. The summed E-state index contributed by atoms with van der Waals surface area (Å²) in [5.74, 6) is -0.732. The first-order valence-corrected chi connectivity index (χ1v) is 6.52. The van der Waals surface area contributed by atoms with E-state index in [4.69, 9.17) is 0 Å². The van der Waals surface area contributed by atoms with E-state index in [1.165, 1.54) is 23.9 Å². The lowest BCUT2D eigenvalue weighted by atomic mass is 10.3. The van der Waals surface area contributed by atoms with Crippen molar-refractivity contribution < 1.29 is 9.18 Å². The lowest BCUT2D eigenvalue weighted by Crippen LogP contribution is -2.23. The van der Waals surface area contributed by atoms with Crippen LogP contribution in [0.3, 0.4) is 0 Å². The van der Waals surface area contributed by atoms with Crippen LogP contribution in [0.25, 0.3) is 0 Å². The average molecular weight is 280 g/mol. The zero-order chi connectivity index (χ0) is 13.8. The normalized spacial score (nSPS) is 12.2. The summed E-state index contributed by atoms with van der Waals surface area (Å²) < 4.78 is 15.1. The van der Waals surface area contributed by atoms with Crippen LogP contribution in [0.15, 0.2) is 35.7 Å². The zero-order valence-corrected chi connectivity index (χ0v) is 11.3. The Morgan fingerprint density at radius 3 is 2.84 bits per heavy atom. The molecule has 100 valence electrons. The van der Waals surface area contributed by atoms with Crippen LogP contribution in [-0.2, 0) is 11.8 Å². The van der Waals surface area contributed by atoms with Crippen LogP contribution in [0.1, 0.15) is 6.92 Å². The molecule has 0 spiro atoms. The molecule has 0 radical (unpaired) electrons. The summed E-state index contributed by atoms with van der Waals surface area (Å²) in [6, 6.07) is 6.06. The standard InChI is InChI=1S/C12H13FN4OS/c1-8(19-12-16-14-7-17(12)2)11(18)15-10-6-4-3-5-9(10)13/h3-8H,1-2H3,(H,15,18). The molecule has 0 saturated heterocycles. The minimum atomic E-state index is -0.452. The van der Waals surface area contributed by atoms with Gasteiger partial charge in [0, 0.05) is 7.05 Å². The van der Waals surface area contributed by atoms with Crippen molar-refractivity contribution in [2.45, 2.75) is 17.3 Å². The van der Waals surface area contributed by atoms with Gasteiger partial charge in [-0.1, -0.05) is 23.9 Å². The minimum Gasteiger partial charge on any atom is -0.323 e. The van der Waals surface area contributed by atoms with E-state index >= 15 is 0 Å². The number of rotatable bonds is 4. The third-order valence-corrected chi connectivity index (χ3v) is 3.60. The van der Waals surface area contributed by atoms with Gasteiger partial charge in [0.2, 0.25) is 5.91 Å². The monoisotopic (exact) mass is 280 g/mol. The molecule has 1 unspecified atom stereocenters. The maximum Gasteiger partial charge on any atom is 0.237 e. The highest BCUT2D eigenvalue weighted by atomic mass is 32.2. The van der Waals surface area contributed by atoms with E-state index in [9.17, 15) is 9.18 Å². The number of carbonyl (C=O) groups is 1. The summed E-state index contributed by atoms with van der Waals surface area (Å²) in [6.07, 6.45) is 1.56. The van der Waals surface area contributed by atoms with Crippen LogP contribution in [0.4, 0.5) is 10.1 Å². The van der Waals surface area contributed by atoms with Crippen molar-refractivity contribution in [3.8, 4) is 0 Å². The number of nitrogens with zero attached hydrogens (tertiary/aromatic N) is 3. The molecule has 19 heavy (non-hydrogen) atoms. The quantitative estimate of drug-likeness (QED) is 0.871. The Balaban J connectivity index is 2.00. The van der Waals surface area contributed by atoms with Gasteiger partial charge in [0.1, 0.15) is 12.1 Å². The van der Waals surface area contributed by atoms with Crippen molar-refractivity contribution in [2.75, 3.05) is 5.32 Å². The molecule has 0 fully saturated rings. The Kier molecular flexibility index (Phi) is 4.16. The van der Waals surface area contributed by atoms with Gasteiger partial charge in [-0.15, -0.1) is 10.2 Å². The fraction of sp³-hybridized carbons (Fsp3) is 0.250. The lowest BCUT2D eigenvalue weighted by Gasteiger charge is -2.11. The summed E-state index contributed by atoms with van der Waals surface area (Å²) in [6.45, 7) is 1.73. The fourth-order valence-corrected chi connectivity index (χ4v) is 2.18. The Morgan fingerprint density at radius 2 is 2.21 bits per heavy atom. The van der Waals surface area contributed by atoms with Gasteiger partial charge in [0.25, 0.3) is 0 Å². The van der Waals surface area contributed by atoms with Gasteiger partial charge >= 0.3 is 0 Å². The predicted octanol–water partition coefficient (Wildman–Crippen LogP) is 2.07. The third kappa shape index (κ3) is 3.31. The Labute approximate surface area is 114 Å². The van der Waals surface area contributed by atoms with Crippen LogP contribution < -0.4 is 5.32 Å². The van der Waals surface area contributed by atoms with E-state index in [-0.39, 0.29) is 11.6 Å². The second-order valence-electron chi connectivity index (χ2n) is 3.95. The fourth-order valence-electron chi connectivity index (χ4n) is 1.39. The number of aryl methyl sites for hydroxylation is 1. The number of hydrogen-bond donors (Lipinski definition) is 1. The molecule has 5 nitrogen and oxygen atoms in total. The topological polar surface area (TPSA) is 59.8 Å². The van der Waals surface area contributed by atoms with Crippen LogP contribution >= 0.6 is 11.8 Å². The molecule has 7 heteroatoms. The van der Waals surface area contributed by atoms with Gasteiger partial charge in [-0.05, 0) is 19.1 Å². The number of nitrogens with one attached hydrogen (secondary N) is 1. The number of benzene rings is 1. The summed E-state index contributed by atoms with van der Waals surface area (Å²) >= 11 is 1.26. The van der Waals surface area contributed by atoms with E-state index in [1.54, 1.807) is 37.0 Å². The van der Waals surface area contributed by atoms with Crippen LogP contribution in [0.5, 0.6) is 0 Å². The molecular formula is C12H13FN4OS. The first-order chi connectivity index (χ1) is 9.08. The van der Waals surface area contributed by atoms with Crippen molar-refractivity contribution in [2.24, 2.45) is 7.05 Å². The molecule has 0 aliphatic carbocycles. The van der Waals surface area contributed by atoms with Crippen molar-refractivity contribution in [3.63, 3.8) is 0 Å². The van der Waals surface area contributed by atoms with E-state index < -0.39 is 11.1 Å². The van der Waals surface area contributed by atoms with Gasteiger partial charge in [0.05, 0.1) is 10.9 Å². The van der Waals surface area contributed by atoms with Gasteiger partial charge in [0.15, 0.2) is 5.16 Å². The molecule has 1 heterocycles. The number of hydrogen-bond acceptors (Lipinski definition) is 4. The Morgan fingerprint density at radius 1 is 1.47 bits per heavy atom. The van der Waals surface area contributed by atoms with Crippen LogP contribution in [0.2, 0.25) is 0 Å². The smallest absolute Gasteiger partial charge is 0.237 e. The highest BCUT2D eigenvalue weighted by Gasteiger charge is 2.18. The van der Waals surface area contributed by atoms with Crippen molar-refractivity contribution in [1.82, 2.24) is 14.8 Å². The van der Waals surface area contributed by atoms with Crippen LogP contribution in [0, 0.1) is 5.82 Å². The van der Waals surface area contributed by atoms with E-state index in [2.05, 4.69) is 15.5 Å².